The number of hydrogen-bond acceptors (Lipinski definition) is 6. The van der Waals surface area contributed by atoms with Crippen molar-refractivity contribution in [3.05, 3.63) is 71.7 Å². The average molecular weight is 470 g/mol. The Balaban J connectivity index is 1.28. The molecule has 4 heterocycles. The fourth-order valence-corrected chi connectivity index (χ4v) is 4.51. The van der Waals surface area contributed by atoms with Crippen molar-refractivity contribution in [2.24, 2.45) is 0 Å². The van der Waals surface area contributed by atoms with E-state index in [-0.39, 0.29) is 12.0 Å². The number of pyridine rings is 2. The molecular weight excluding hydrogens is 442 g/mol. The Hall–Kier alpha value is -3.78. The normalized spacial score (nSPS) is 17.6. The number of aryl methyl sites for hydroxylation is 1. The lowest BCUT2D eigenvalue weighted by Gasteiger charge is -2.12. The van der Waals surface area contributed by atoms with Crippen LogP contribution in [-0.2, 0) is 4.74 Å². The minimum Gasteiger partial charge on any atom is -0.491 e. The lowest BCUT2D eigenvalue weighted by molar-refractivity contribution is 0.0679. The van der Waals surface area contributed by atoms with E-state index in [0.29, 0.717) is 35.2 Å². The molecule has 1 aliphatic heterocycles. The number of aromatic nitrogens is 4. The summed E-state index contributed by atoms with van der Waals surface area (Å²) in [6.45, 7) is 3.26. The average Bonchev–Trinajstić information content (AvgIpc) is 3.51. The molecule has 178 valence electrons. The molecule has 0 radical (unpaired) electrons. The molecule has 1 saturated carbocycles. The van der Waals surface area contributed by atoms with Crippen LogP contribution in [0.2, 0.25) is 0 Å². The molecule has 1 N–H and O–H groups in total. The summed E-state index contributed by atoms with van der Waals surface area (Å²) in [5.74, 6) is 1.64. The Labute approximate surface area is 203 Å². The summed E-state index contributed by atoms with van der Waals surface area (Å²) in [4.78, 5) is 22.8. The van der Waals surface area contributed by atoms with Gasteiger partial charge in [0.25, 0.3) is 5.91 Å². The molecule has 2 aliphatic rings. The number of ether oxygens (including phenoxy) is 2. The first-order chi connectivity index (χ1) is 17.2. The highest BCUT2D eigenvalue weighted by molar-refractivity contribution is 6.12. The molecule has 4 aromatic rings. The van der Waals surface area contributed by atoms with Gasteiger partial charge in [-0.15, -0.1) is 0 Å². The first-order valence-corrected chi connectivity index (χ1v) is 12.1. The van der Waals surface area contributed by atoms with Crippen molar-refractivity contribution in [2.45, 2.75) is 44.6 Å². The summed E-state index contributed by atoms with van der Waals surface area (Å²) in [6, 6.07) is 15.0. The minimum atomic E-state index is -0.184. The van der Waals surface area contributed by atoms with Crippen molar-refractivity contribution in [1.82, 2.24) is 19.7 Å². The number of anilines is 1. The van der Waals surface area contributed by atoms with Crippen molar-refractivity contribution in [1.29, 1.82) is 0 Å². The van der Waals surface area contributed by atoms with Crippen LogP contribution in [0.3, 0.4) is 0 Å². The maximum Gasteiger partial charge on any atom is 0.256 e. The zero-order chi connectivity index (χ0) is 23.8. The van der Waals surface area contributed by atoms with Gasteiger partial charge in [-0.1, -0.05) is 6.07 Å². The van der Waals surface area contributed by atoms with Crippen molar-refractivity contribution in [2.75, 3.05) is 18.5 Å². The maximum atomic E-state index is 13.5. The van der Waals surface area contributed by atoms with Gasteiger partial charge >= 0.3 is 0 Å². The van der Waals surface area contributed by atoms with E-state index in [0.717, 1.165) is 54.8 Å². The third-order valence-corrected chi connectivity index (χ3v) is 6.51. The Bertz CT molecular complexity index is 1360. The SMILES string of the molecule is Cc1nn(-c2ccccn2)c2nc(C3CC3)cc(C(=O)Nc3ccc(OCC4CCCO4)cc3)c12. The molecule has 8 nitrogen and oxygen atoms in total. The van der Waals surface area contributed by atoms with E-state index in [1.165, 1.54) is 0 Å². The topological polar surface area (TPSA) is 91.2 Å². The molecule has 0 spiro atoms. The molecule has 2 fully saturated rings. The second-order valence-electron chi connectivity index (χ2n) is 9.18. The van der Waals surface area contributed by atoms with E-state index in [1.54, 1.807) is 10.9 Å². The third-order valence-electron chi connectivity index (χ3n) is 6.51. The molecule has 1 amide bonds. The summed E-state index contributed by atoms with van der Waals surface area (Å²) < 4.78 is 13.2. The maximum absolute atomic E-state index is 13.5. The van der Waals surface area contributed by atoms with Crippen LogP contribution in [0.4, 0.5) is 5.69 Å². The lowest BCUT2D eigenvalue weighted by atomic mass is 10.1. The van der Waals surface area contributed by atoms with Gasteiger partial charge in [0.1, 0.15) is 12.4 Å². The molecule has 1 saturated heterocycles. The molecule has 1 aromatic carbocycles. The van der Waals surface area contributed by atoms with Gasteiger partial charge in [-0.25, -0.2) is 9.97 Å². The number of rotatable bonds is 7. The Kier molecular flexibility index (Phi) is 5.66. The summed E-state index contributed by atoms with van der Waals surface area (Å²) in [7, 11) is 0. The van der Waals surface area contributed by atoms with E-state index in [4.69, 9.17) is 14.5 Å². The van der Waals surface area contributed by atoms with Crippen LogP contribution in [0.15, 0.2) is 54.7 Å². The van der Waals surface area contributed by atoms with E-state index in [1.807, 2.05) is 55.5 Å². The molecule has 1 aliphatic carbocycles. The van der Waals surface area contributed by atoms with Crippen LogP contribution in [0.5, 0.6) is 5.75 Å². The van der Waals surface area contributed by atoms with Crippen LogP contribution in [-0.4, -0.2) is 45.0 Å². The van der Waals surface area contributed by atoms with Crippen molar-refractivity contribution in [3.8, 4) is 11.6 Å². The molecule has 3 aromatic heterocycles. The second kappa shape index (κ2) is 9.11. The van der Waals surface area contributed by atoms with Gasteiger partial charge in [0, 0.05) is 30.1 Å². The van der Waals surface area contributed by atoms with Crippen molar-refractivity contribution in [3.63, 3.8) is 0 Å². The number of nitrogens with one attached hydrogen (secondary N) is 1. The Morgan fingerprint density at radius 3 is 2.74 bits per heavy atom. The molecule has 1 unspecified atom stereocenters. The van der Waals surface area contributed by atoms with Crippen LogP contribution >= 0.6 is 0 Å². The fourth-order valence-electron chi connectivity index (χ4n) is 4.51. The predicted molar refractivity (Wildman–Crippen MR) is 132 cm³/mol. The van der Waals surface area contributed by atoms with Crippen LogP contribution in [0.25, 0.3) is 16.9 Å². The summed E-state index contributed by atoms with van der Waals surface area (Å²) in [5, 5.41) is 8.46. The zero-order valence-electron chi connectivity index (χ0n) is 19.6. The Morgan fingerprint density at radius 1 is 1.17 bits per heavy atom. The lowest BCUT2D eigenvalue weighted by Crippen LogP contribution is -2.16. The number of benzene rings is 1. The first-order valence-electron chi connectivity index (χ1n) is 12.1. The highest BCUT2D eigenvalue weighted by Gasteiger charge is 2.29. The summed E-state index contributed by atoms with van der Waals surface area (Å²) in [6.07, 6.45) is 6.19. The van der Waals surface area contributed by atoms with Crippen LogP contribution in [0, 0.1) is 6.92 Å². The van der Waals surface area contributed by atoms with Gasteiger partial charge in [-0.05, 0) is 75.1 Å². The molecule has 0 bridgehead atoms. The number of fused-ring (bicyclic) bond motifs is 1. The molecule has 1 atom stereocenters. The molecule has 8 heteroatoms. The number of nitrogens with zero attached hydrogens (tertiary/aromatic N) is 4. The van der Waals surface area contributed by atoms with Crippen molar-refractivity contribution >= 4 is 22.6 Å². The van der Waals surface area contributed by atoms with E-state index < -0.39 is 0 Å². The van der Waals surface area contributed by atoms with Gasteiger partial charge in [-0.2, -0.15) is 9.78 Å². The first kappa shape index (κ1) is 21.7. The van der Waals surface area contributed by atoms with Crippen LogP contribution < -0.4 is 10.1 Å². The second-order valence-corrected chi connectivity index (χ2v) is 9.18. The van der Waals surface area contributed by atoms with Crippen molar-refractivity contribution < 1.29 is 14.3 Å². The van der Waals surface area contributed by atoms with E-state index >= 15 is 0 Å². The van der Waals surface area contributed by atoms with Gasteiger partial charge in [0.15, 0.2) is 11.5 Å². The van der Waals surface area contributed by atoms with E-state index in [9.17, 15) is 4.79 Å². The molecule has 35 heavy (non-hydrogen) atoms. The molecular formula is C27H27N5O3. The van der Waals surface area contributed by atoms with E-state index in [2.05, 4.69) is 15.4 Å². The van der Waals surface area contributed by atoms with Gasteiger partial charge in [0.2, 0.25) is 0 Å². The number of carbonyl (C=O) groups is 1. The van der Waals surface area contributed by atoms with Crippen LogP contribution in [0.1, 0.15) is 53.3 Å². The standard InChI is InChI=1S/C27H27N5O3/c1-17-25-22(27(33)29-19-9-11-20(12-10-19)35-16-21-5-4-14-34-21)15-23(18-7-8-18)30-26(25)32(31-17)24-6-2-3-13-28-24/h2-3,6,9-13,15,18,21H,4-5,7-8,14,16H2,1H3,(H,29,33). The monoisotopic (exact) mass is 469 g/mol. The largest absolute Gasteiger partial charge is 0.491 e. The fraction of sp³-hybridized carbons (Fsp3) is 0.333. The Morgan fingerprint density at radius 2 is 2.03 bits per heavy atom. The van der Waals surface area contributed by atoms with Gasteiger partial charge < -0.3 is 14.8 Å². The number of amides is 1. The minimum absolute atomic E-state index is 0.166. The quantitative estimate of drug-likeness (QED) is 0.418. The zero-order valence-corrected chi connectivity index (χ0v) is 19.6. The van der Waals surface area contributed by atoms with Gasteiger partial charge in [0.05, 0.1) is 22.7 Å². The predicted octanol–water partition coefficient (Wildman–Crippen LogP) is 4.81. The summed E-state index contributed by atoms with van der Waals surface area (Å²) >= 11 is 0. The highest BCUT2D eigenvalue weighted by Crippen LogP contribution is 2.40. The highest BCUT2D eigenvalue weighted by atomic mass is 16.5. The number of hydrogen-bond donors (Lipinski definition) is 1. The number of carbonyl (C=O) groups excluding carboxylic acids is 1. The van der Waals surface area contributed by atoms with Gasteiger partial charge in [-0.3, -0.25) is 4.79 Å². The third kappa shape index (κ3) is 4.49. The summed E-state index contributed by atoms with van der Waals surface area (Å²) in [5.41, 5.74) is 3.61. The molecule has 6 rings (SSSR count). The smallest absolute Gasteiger partial charge is 0.256 e.